The summed E-state index contributed by atoms with van der Waals surface area (Å²) in [5.41, 5.74) is 1.56. The van der Waals surface area contributed by atoms with Crippen LogP contribution in [0.15, 0.2) is 12.1 Å². The predicted octanol–water partition coefficient (Wildman–Crippen LogP) is 4.81. The van der Waals surface area contributed by atoms with Gasteiger partial charge in [0.05, 0.1) is 35.0 Å². The third-order valence-electron chi connectivity index (χ3n) is 14.8. The van der Waals surface area contributed by atoms with Crippen molar-refractivity contribution in [1.29, 1.82) is 0 Å². The standard InChI is InChI=1S/C38H45FN6O6/c1-15-12-18(13-16(2)22(15)39)45-27(21-17(3)42(11-10-19(21)41-45)32(49)51-34(7,8)9)44-20(46)14-43(31(44)48)38-25-23-35(25)28-36(29(35)38)24(26(36)38)37(23,28)40-30(47)50-33(4,5)6/h12-13,17,20,23-26,28-29,46H,10-11,14H2,1-9H3,(H,40,47)/t17-,20?,23-,24+,25?,26?,28?,29?,35?,36?,37?,38?/m0/s1. The number of β-amino-alcohol motifs (C(OH)–C–C–N with tert-alkyl or cyclic N) is 1. The van der Waals surface area contributed by atoms with Gasteiger partial charge in [0.1, 0.15) is 22.8 Å². The van der Waals surface area contributed by atoms with E-state index >= 15 is 0 Å². The van der Waals surface area contributed by atoms with E-state index in [0.717, 1.165) is 5.69 Å². The molecule has 1 aromatic carbocycles. The summed E-state index contributed by atoms with van der Waals surface area (Å²) in [6, 6.07) is 2.64. The number of halogens is 1. The molecular weight excluding hydrogens is 655 g/mol. The summed E-state index contributed by atoms with van der Waals surface area (Å²) in [7, 11) is 0. The van der Waals surface area contributed by atoms with E-state index in [-0.39, 0.29) is 46.4 Å². The number of urea groups is 1. The first-order chi connectivity index (χ1) is 23.8. The number of aryl methyl sites for hydroxylation is 2. The van der Waals surface area contributed by atoms with Crippen LogP contribution in [0.5, 0.6) is 0 Å². The first-order valence-corrected chi connectivity index (χ1v) is 18.5. The minimum Gasteiger partial charge on any atom is -0.444 e. The molecule has 7 saturated carbocycles. The molecule has 1 saturated heterocycles. The number of fused-ring (bicyclic) bond motifs is 7. The first-order valence-electron chi connectivity index (χ1n) is 18.5. The van der Waals surface area contributed by atoms with Crippen LogP contribution in [-0.4, -0.2) is 84.5 Å². The summed E-state index contributed by atoms with van der Waals surface area (Å²) < 4.78 is 28.0. The van der Waals surface area contributed by atoms with Crippen LogP contribution in [0, 0.1) is 66.0 Å². The van der Waals surface area contributed by atoms with Gasteiger partial charge in [0.25, 0.3) is 0 Å². The normalized spacial score (nSPS) is 43.4. The van der Waals surface area contributed by atoms with Crippen molar-refractivity contribution in [2.75, 3.05) is 18.0 Å². The number of ether oxygens (including phenoxy) is 2. The van der Waals surface area contributed by atoms with Crippen molar-refractivity contribution >= 4 is 24.0 Å². The van der Waals surface area contributed by atoms with Gasteiger partial charge in [-0.15, -0.1) is 0 Å². The predicted molar refractivity (Wildman–Crippen MR) is 179 cm³/mol. The summed E-state index contributed by atoms with van der Waals surface area (Å²) in [6.07, 6.45) is -1.53. The van der Waals surface area contributed by atoms with Crippen LogP contribution in [0.3, 0.4) is 0 Å². The Labute approximate surface area is 295 Å². The Morgan fingerprint density at radius 3 is 2.18 bits per heavy atom. The fourth-order valence-corrected chi connectivity index (χ4v) is 14.5. The molecule has 2 N–H and O–H groups in total. The highest BCUT2D eigenvalue weighted by Crippen LogP contribution is 3.27. The number of aliphatic hydroxyl groups is 1. The lowest BCUT2D eigenvalue weighted by molar-refractivity contribution is -0.388. The molecule has 2 aromatic rings. The van der Waals surface area contributed by atoms with E-state index in [1.807, 2.05) is 53.4 Å². The number of nitrogens with zero attached hydrogens (tertiary/aromatic N) is 5. The Hall–Kier alpha value is -3.87. The largest absolute Gasteiger partial charge is 0.444 e. The zero-order chi connectivity index (χ0) is 36.1. The number of carbonyl (C=O) groups excluding carboxylic acids is 3. The second kappa shape index (κ2) is 8.19. The fourth-order valence-electron chi connectivity index (χ4n) is 14.5. The van der Waals surface area contributed by atoms with Crippen LogP contribution in [0.1, 0.15) is 76.9 Å². The Kier molecular flexibility index (Phi) is 4.93. The van der Waals surface area contributed by atoms with Gasteiger partial charge in [0, 0.05) is 18.5 Å². The number of carbonyl (C=O) groups is 3. The zero-order valence-corrected chi connectivity index (χ0v) is 30.5. The lowest BCUT2D eigenvalue weighted by Crippen LogP contribution is -2.94. The number of alkyl carbamates (subject to hydrolysis) is 1. The van der Waals surface area contributed by atoms with E-state index in [9.17, 15) is 23.9 Å². The minimum atomic E-state index is -1.15. The van der Waals surface area contributed by atoms with Gasteiger partial charge in [-0.3, -0.25) is 0 Å². The molecule has 12 atom stereocenters. The highest BCUT2D eigenvalue weighted by Gasteiger charge is 3.31. The van der Waals surface area contributed by atoms with E-state index < -0.39 is 29.6 Å². The van der Waals surface area contributed by atoms with Crippen molar-refractivity contribution < 1.29 is 33.4 Å². The molecule has 1 aromatic heterocycles. The second-order valence-corrected chi connectivity index (χ2v) is 19.1. The molecule has 9 unspecified atom stereocenters. The number of aromatic nitrogens is 2. The fraction of sp³-hybridized carbons (Fsp3) is 0.684. The molecule has 0 radical (unpaired) electrons. The molecule has 9 aliphatic rings. The molecule has 2 aliphatic heterocycles. The second-order valence-electron chi connectivity index (χ2n) is 19.1. The quantitative estimate of drug-likeness (QED) is 0.469. The molecule has 2 spiro atoms. The van der Waals surface area contributed by atoms with Gasteiger partial charge in [-0.05, 0) is 132 Å². The molecule has 4 amide bonds. The van der Waals surface area contributed by atoms with Gasteiger partial charge in [-0.2, -0.15) is 5.10 Å². The summed E-state index contributed by atoms with van der Waals surface area (Å²) in [5, 5.41) is 20.3. The maximum Gasteiger partial charge on any atom is 0.410 e. The topological polar surface area (TPSA) is 129 Å². The van der Waals surface area contributed by atoms with Crippen molar-refractivity contribution in [2.45, 2.75) is 103 Å². The highest BCUT2D eigenvalue weighted by molar-refractivity contribution is 5.98. The molecule has 12 nitrogen and oxygen atoms in total. The third kappa shape index (κ3) is 2.83. The molecule has 11 rings (SSSR count). The third-order valence-corrected chi connectivity index (χ3v) is 14.8. The molecule has 270 valence electrons. The van der Waals surface area contributed by atoms with Crippen LogP contribution < -0.4 is 10.2 Å². The van der Waals surface area contributed by atoms with Crippen LogP contribution in [0.25, 0.3) is 5.69 Å². The monoisotopic (exact) mass is 700 g/mol. The average molecular weight is 701 g/mol. The number of anilines is 1. The van der Waals surface area contributed by atoms with Gasteiger partial charge in [-0.25, -0.2) is 28.4 Å². The number of aliphatic hydroxyl groups excluding tert-OH is 1. The van der Waals surface area contributed by atoms with Gasteiger partial charge in [-0.1, -0.05) is 0 Å². The molecule has 3 heterocycles. The maximum absolute atomic E-state index is 15.0. The van der Waals surface area contributed by atoms with Crippen molar-refractivity contribution in [3.63, 3.8) is 0 Å². The van der Waals surface area contributed by atoms with Gasteiger partial charge < -0.3 is 29.7 Å². The zero-order valence-electron chi connectivity index (χ0n) is 30.5. The molecule has 7 aliphatic carbocycles. The van der Waals surface area contributed by atoms with E-state index in [1.54, 1.807) is 35.6 Å². The number of hydrogen-bond donors (Lipinski definition) is 2. The lowest BCUT2D eigenvalue weighted by Gasteiger charge is -2.87. The Balaban J connectivity index is 0.958. The van der Waals surface area contributed by atoms with Crippen LogP contribution >= 0.6 is 0 Å². The van der Waals surface area contributed by atoms with Gasteiger partial charge in [0.15, 0.2) is 6.23 Å². The van der Waals surface area contributed by atoms with Gasteiger partial charge >= 0.3 is 18.2 Å². The molecule has 51 heavy (non-hydrogen) atoms. The Morgan fingerprint density at radius 2 is 1.59 bits per heavy atom. The Bertz CT molecular complexity index is 2030. The Morgan fingerprint density at radius 1 is 0.980 bits per heavy atom. The number of benzene rings is 1. The van der Waals surface area contributed by atoms with Crippen molar-refractivity contribution in [2.24, 2.45) is 46.3 Å². The summed E-state index contributed by atoms with van der Waals surface area (Å²) in [5.74, 6) is 2.35. The maximum atomic E-state index is 15.0. The van der Waals surface area contributed by atoms with E-state index in [2.05, 4.69) is 5.32 Å². The van der Waals surface area contributed by atoms with Gasteiger partial charge in [0.2, 0.25) is 0 Å². The first kappa shape index (κ1) is 30.7. The van der Waals surface area contributed by atoms with Crippen molar-refractivity contribution in [3.8, 4) is 5.69 Å². The van der Waals surface area contributed by atoms with Crippen LogP contribution in [-0.2, 0) is 15.9 Å². The highest BCUT2D eigenvalue weighted by atomic mass is 19.1. The van der Waals surface area contributed by atoms with Crippen LogP contribution in [0.4, 0.5) is 24.6 Å². The molecule has 8 fully saturated rings. The average Bonchev–Trinajstić information content (AvgIpc) is 3.79. The van der Waals surface area contributed by atoms with E-state index in [0.29, 0.717) is 76.7 Å². The number of hydrogen-bond acceptors (Lipinski definition) is 7. The molecular formula is C38H45FN6O6. The lowest BCUT2D eigenvalue weighted by atomic mass is 9.19. The summed E-state index contributed by atoms with van der Waals surface area (Å²) >= 11 is 0. The number of nitrogens with one attached hydrogen (secondary N) is 1. The SMILES string of the molecule is Cc1cc(-n2nc3c(c2N2C(=O)N(C45C6[C@@H]7C68C6C9(C4[C@@H]9C67NC(=O)OC(C)(C)C)C85)CC2O)[C@H](C)N(C(=O)OC(C)(C)C)CC3)cc(C)c1F. The summed E-state index contributed by atoms with van der Waals surface area (Å²) in [6.45, 7) is 17.0. The summed E-state index contributed by atoms with van der Waals surface area (Å²) in [4.78, 5) is 46.5. The van der Waals surface area contributed by atoms with E-state index in [4.69, 9.17) is 14.6 Å². The van der Waals surface area contributed by atoms with Crippen LogP contribution in [0.2, 0.25) is 0 Å². The van der Waals surface area contributed by atoms with E-state index in [1.165, 1.54) is 4.90 Å². The number of rotatable bonds is 4. The molecule has 0 bridgehead atoms. The van der Waals surface area contributed by atoms with Crippen molar-refractivity contribution in [1.82, 2.24) is 24.9 Å². The smallest absolute Gasteiger partial charge is 0.410 e. The number of amides is 4. The van der Waals surface area contributed by atoms with Crippen molar-refractivity contribution in [3.05, 3.63) is 40.3 Å². The molecule has 13 heteroatoms. The minimum absolute atomic E-state index is 0.163.